The minimum Gasteiger partial charge on any atom is -0.467 e. The molecule has 0 radical (unpaired) electrons. The first-order valence-electron chi connectivity index (χ1n) is 14.2. The molecule has 2 aliphatic heterocycles. The molecule has 5 rings (SSSR count). The molecule has 0 saturated carbocycles. The standard InChI is InChI=1S/C32H33F2N5O5/c1-44-29(41)26(36-28(40)27-24(33)13-8-14-25(27)34)19-35-31(43)37-17-15-32(16-18-37)30(42)38(20-22-9-4-2-5-10-22)21-39(32)23-11-6-3-7-12-23/h2-14,26H,15-21H2,1H3,(H,35,43)(H,36,40)/t26-/m0/s1. The summed E-state index contributed by atoms with van der Waals surface area (Å²) in [7, 11) is 1.09. The first-order chi connectivity index (χ1) is 21.2. The van der Waals surface area contributed by atoms with Crippen molar-refractivity contribution in [3.8, 4) is 0 Å². The number of ether oxygens (including phenoxy) is 1. The number of carbonyl (C=O) groups is 4. The Kier molecular flexibility index (Phi) is 9.07. The molecular formula is C32H33F2N5O5. The molecule has 2 N–H and O–H groups in total. The molecule has 0 aliphatic carbocycles. The van der Waals surface area contributed by atoms with Crippen molar-refractivity contribution in [3.05, 3.63) is 102 Å². The smallest absolute Gasteiger partial charge is 0.330 e. The maximum Gasteiger partial charge on any atom is 0.330 e. The summed E-state index contributed by atoms with van der Waals surface area (Å²) in [4.78, 5) is 57.5. The second kappa shape index (κ2) is 13.1. The highest BCUT2D eigenvalue weighted by Crippen LogP contribution is 2.40. The number of hydrogen-bond acceptors (Lipinski definition) is 6. The number of benzene rings is 3. The molecule has 2 saturated heterocycles. The molecule has 1 atom stereocenters. The van der Waals surface area contributed by atoms with Gasteiger partial charge in [0.05, 0.1) is 20.3 Å². The average molecular weight is 606 g/mol. The van der Waals surface area contributed by atoms with Gasteiger partial charge in [0.15, 0.2) is 0 Å². The van der Waals surface area contributed by atoms with Gasteiger partial charge in [-0.1, -0.05) is 54.6 Å². The summed E-state index contributed by atoms with van der Waals surface area (Å²) in [5.74, 6) is -4.25. The van der Waals surface area contributed by atoms with Crippen molar-refractivity contribution >= 4 is 29.5 Å². The van der Waals surface area contributed by atoms with Crippen molar-refractivity contribution in [2.75, 3.05) is 38.3 Å². The van der Waals surface area contributed by atoms with Gasteiger partial charge in [0.25, 0.3) is 5.91 Å². The Labute approximate surface area is 253 Å². The average Bonchev–Trinajstić information content (AvgIpc) is 3.29. The van der Waals surface area contributed by atoms with Gasteiger partial charge < -0.3 is 30.1 Å². The number of methoxy groups -OCH3 is 1. The van der Waals surface area contributed by atoms with Crippen LogP contribution in [-0.2, 0) is 20.9 Å². The molecule has 3 aromatic rings. The molecule has 1 spiro atoms. The van der Waals surface area contributed by atoms with Crippen LogP contribution in [0.15, 0.2) is 78.9 Å². The summed E-state index contributed by atoms with van der Waals surface area (Å²) in [5, 5.41) is 4.84. The van der Waals surface area contributed by atoms with Crippen molar-refractivity contribution in [2.24, 2.45) is 0 Å². The number of likely N-dealkylation sites (tertiary alicyclic amines) is 1. The highest BCUT2D eigenvalue weighted by molar-refractivity contribution is 5.97. The number of nitrogens with one attached hydrogen (secondary N) is 2. The van der Waals surface area contributed by atoms with Gasteiger partial charge in [0, 0.05) is 25.3 Å². The van der Waals surface area contributed by atoms with E-state index in [0.29, 0.717) is 26.1 Å². The first-order valence-corrected chi connectivity index (χ1v) is 14.2. The molecule has 3 aromatic carbocycles. The molecule has 44 heavy (non-hydrogen) atoms. The third kappa shape index (κ3) is 6.19. The quantitative estimate of drug-likeness (QED) is 0.382. The van der Waals surface area contributed by atoms with Crippen molar-refractivity contribution in [1.82, 2.24) is 20.4 Å². The van der Waals surface area contributed by atoms with Crippen LogP contribution in [0.1, 0.15) is 28.8 Å². The topological polar surface area (TPSA) is 111 Å². The van der Waals surface area contributed by atoms with Crippen molar-refractivity contribution in [3.63, 3.8) is 0 Å². The highest BCUT2D eigenvalue weighted by Gasteiger charge is 2.54. The lowest BCUT2D eigenvalue weighted by atomic mass is 9.85. The van der Waals surface area contributed by atoms with E-state index < -0.39 is 46.7 Å². The summed E-state index contributed by atoms with van der Waals surface area (Å²) >= 11 is 0. The van der Waals surface area contributed by atoms with Gasteiger partial charge in [-0.15, -0.1) is 0 Å². The third-order valence-corrected chi connectivity index (χ3v) is 8.11. The lowest BCUT2D eigenvalue weighted by molar-refractivity contribution is -0.142. The maximum atomic E-state index is 14.1. The molecule has 0 bridgehead atoms. The van der Waals surface area contributed by atoms with Crippen LogP contribution in [0.4, 0.5) is 19.3 Å². The number of para-hydroxylation sites is 1. The molecule has 2 fully saturated rings. The van der Waals surface area contributed by atoms with E-state index in [4.69, 9.17) is 4.74 Å². The summed E-state index contributed by atoms with van der Waals surface area (Å²) in [6, 6.07) is 20.5. The highest BCUT2D eigenvalue weighted by atomic mass is 19.1. The van der Waals surface area contributed by atoms with E-state index in [1.165, 1.54) is 4.90 Å². The zero-order chi connectivity index (χ0) is 31.3. The van der Waals surface area contributed by atoms with Crippen molar-refractivity contribution in [2.45, 2.75) is 31.0 Å². The van der Waals surface area contributed by atoms with Crippen LogP contribution >= 0.6 is 0 Å². The second-order valence-electron chi connectivity index (χ2n) is 10.7. The molecule has 0 unspecified atom stereocenters. The number of nitrogens with zero attached hydrogens (tertiary/aromatic N) is 3. The van der Waals surface area contributed by atoms with Crippen LogP contribution in [0.5, 0.6) is 0 Å². The van der Waals surface area contributed by atoms with E-state index in [1.54, 1.807) is 0 Å². The molecular weight excluding hydrogens is 572 g/mol. The molecule has 2 aliphatic rings. The number of carbonyl (C=O) groups excluding carboxylic acids is 4. The van der Waals surface area contributed by atoms with E-state index in [0.717, 1.165) is 36.6 Å². The summed E-state index contributed by atoms with van der Waals surface area (Å²) in [5.41, 5.74) is 0.253. The lowest BCUT2D eigenvalue weighted by Crippen LogP contribution is -2.59. The van der Waals surface area contributed by atoms with Crippen LogP contribution in [0.3, 0.4) is 0 Å². The van der Waals surface area contributed by atoms with Crippen LogP contribution in [0.2, 0.25) is 0 Å². The third-order valence-electron chi connectivity index (χ3n) is 8.11. The van der Waals surface area contributed by atoms with E-state index in [2.05, 4.69) is 15.5 Å². The van der Waals surface area contributed by atoms with Crippen LogP contribution in [0.25, 0.3) is 0 Å². The van der Waals surface area contributed by atoms with Crippen LogP contribution < -0.4 is 15.5 Å². The molecule has 4 amide bonds. The predicted octanol–water partition coefficient (Wildman–Crippen LogP) is 3.29. The number of piperidine rings is 1. The Balaban J connectivity index is 1.25. The minimum absolute atomic E-state index is 0.000826. The Bertz CT molecular complexity index is 1500. The van der Waals surface area contributed by atoms with Gasteiger partial charge in [-0.25, -0.2) is 18.4 Å². The normalized spacial score (nSPS) is 16.5. The Morgan fingerprint density at radius 1 is 0.909 bits per heavy atom. The van der Waals surface area contributed by atoms with E-state index in [1.807, 2.05) is 65.6 Å². The van der Waals surface area contributed by atoms with Crippen LogP contribution in [0, 0.1) is 11.6 Å². The van der Waals surface area contributed by atoms with Gasteiger partial charge in [-0.05, 0) is 42.7 Å². The first kappa shape index (κ1) is 30.5. The van der Waals surface area contributed by atoms with Gasteiger partial charge in [0.2, 0.25) is 5.91 Å². The molecule has 0 aromatic heterocycles. The second-order valence-corrected chi connectivity index (χ2v) is 10.7. The Hall–Kier alpha value is -5.00. The summed E-state index contributed by atoms with van der Waals surface area (Å²) in [6.07, 6.45) is 0.756. The summed E-state index contributed by atoms with van der Waals surface area (Å²) < 4.78 is 32.9. The Morgan fingerprint density at radius 2 is 1.52 bits per heavy atom. The van der Waals surface area contributed by atoms with Gasteiger partial charge in [-0.3, -0.25) is 9.59 Å². The fourth-order valence-corrected chi connectivity index (χ4v) is 5.79. The number of amides is 4. The monoisotopic (exact) mass is 605 g/mol. The van der Waals surface area contributed by atoms with Crippen molar-refractivity contribution in [1.29, 1.82) is 0 Å². The number of esters is 1. The minimum atomic E-state index is -1.40. The number of halogens is 2. The fraction of sp³-hybridized carbons (Fsp3) is 0.312. The SMILES string of the molecule is COC(=O)[C@H](CNC(=O)N1CCC2(CC1)C(=O)N(Cc1ccccc1)CN2c1ccccc1)NC(=O)c1c(F)cccc1F. The summed E-state index contributed by atoms with van der Waals surface area (Å²) in [6.45, 7) is 1.01. The predicted molar refractivity (Wildman–Crippen MR) is 157 cm³/mol. The van der Waals surface area contributed by atoms with E-state index in [-0.39, 0.29) is 25.5 Å². The number of hydrogen-bond donors (Lipinski definition) is 2. The van der Waals surface area contributed by atoms with Crippen molar-refractivity contribution < 1.29 is 32.7 Å². The zero-order valence-electron chi connectivity index (χ0n) is 24.2. The van der Waals surface area contributed by atoms with Gasteiger partial charge in [-0.2, -0.15) is 0 Å². The lowest BCUT2D eigenvalue weighted by Gasteiger charge is -2.43. The molecule has 10 nitrogen and oxygen atoms in total. The Morgan fingerprint density at radius 3 is 2.14 bits per heavy atom. The van der Waals surface area contributed by atoms with Gasteiger partial charge >= 0.3 is 12.0 Å². The van der Waals surface area contributed by atoms with Crippen LogP contribution in [-0.4, -0.2) is 78.6 Å². The largest absolute Gasteiger partial charge is 0.467 e. The number of urea groups is 1. The number of anilines is 1. The van der Waals surface area contributed by atoms with E-state index in [9.17, 15) is 28.0 Å². The van der Waals surface area contributed by atoms with E-state index >= 15 is 0 Å². The number of rotatable bonds is 8. The zero-order valence-corrected chi connectivity index (χ0v) is 24.2. The molecule has 12 heteroatoms. The van der Waals surface area contributed by atoms with Gasteiger partial charge in [0.1, 0.15) is 28.8 Å². The molecule has 2 heterocycles. The maximum absolute atomic E-state index is 14.1. The fourth-order valence-electron chi connectivity index (χ4n) is 5.79. The molecule has 230 valence electrons.